The van der Waals surface area contributed by atoms with Crippen molar-refractivity contribution >= 4 is 5.91 Å². The molecule has 5 heteroatoms. The Morgan fingerprint density at radius 1 is 1.15 bits per heavy atom. The molecule has 0 saturated carbocycles. The van der Waals surface area contributed by atoms with Gasteiger partial charge in [0.25, 0.3) is 5.91 Å². The molecule has 0 aliphatic heterocycles. The molecule has 0 spiro atoms. The van der Waals surface area contributed by atoms with Crippen LogP contribution in [0.25, 0.3) is 0 Å². The van der Waals surface area contributed by atoms with Gasteiger partial charge in [0.05, 0.1) is 7.11 Å². The fourth-order valence-electron chi connectivity index (χ4n) is 1.76. The van der Waals surface area contributed by atoms with E-state index in [9.17, 15) is 13.6 Å². The molecule has 104 valence electrons. The molecule has 0 aliphatic carbocycles. The molecule has 2 aromatic rings. The quantitative estimate of drug-likeness (QED) is 0.933. The highest BCUT2D eigenvalue weighted by molar-refractivity contribution is 5.94. The number of ether oxygens (including phenoxy) is 1. The standard InChI is InChI=1S/C15H13F2NO2/c1-20-14-5-3-2-4-11(14)9-18-15(19)10-6-7-12(16)13(17)8-10/h2-8H,9H2,1H3,(H,18,19). The topological polar surface area (TPSA) is 38.3 Å². The molecule has 0 saturated heterocycles. The zero-order valence-corrected chi connectivity index (χ0v) is 10.8. The summed E-state index contributed by atoms with van der Waals surface area (Å²) in [5.74, 6) is -1.85. The first kappa shape index (κ1) is 14.0. The highest BCUT2D eigenvalue weighted by Crippen LogP contribution is 2.17. The van der Waals surface area contributed by atoms with Crippen LogP contribution in [0.3, 0.4) is 0 Å². The van der Waals surface area contributed by atoms with Crippen molar-refractivity contribution in [1.82, 2.24) is 5.32 Å². The van der Waals surface area contributed by atoms with Crippen LogP contribution < -0.4 is 10.1 Å². The van der Waals surface area contributed by atoms with E-state index in [-0.39, 0.29) is 12.1 Å². The summed E-state index contributed by atoms with van der Waals surface area (Å²) in [6.07, 6.45) is 0. The number of hydrogen-bond donors (Lipinski definition) is 1. The maximum absolute atomic E-state index is 13.0. The van der Waals surface area contributed by atoms with Crippen molar-refractivity contribution in [1.29, 1.82) is 0 Å². The van der Waals surface area contributed by atoms with Crippen LogP contribution >= 0.6 is 0 Å². The number of para-hydroxylation sites is 1. The Bertz CT molecular complexity index is 629. The summed E-state index contributed by atoms with van der Waals surface area (Å²) in [6, 6.07) is 10.3. The SMILES string of the molecule is COc1ccccc1CNC(=O)c1ccc(F)c(F)c1. The van der Waals surface area contributed by atoms with E-state index in [2.05, 4.69) is 5.32 Å². The third-order valence-corrected chi connectivity index (χ3v) is 2.81. The minimum Gasteiger partial charge on any atom is -0.496 e. The Labute approximate surface area is 115 Å². The van der Waals surface area contributed by atoms with Gasteiger partial charge in [-0.1, -0.05) is 18.2 Å². The van der Waals surface area contributed by atoms with Gasteiger partial charge in [-0.05, 0) is 24.3 Å². The van der Waals surface area contributed by atoms with Crippen LogP contribution in [-0.2, 0) is 6.54 Å². The molecule has 0 bridgehead atoms. The third-order valence-electron chi connectivity index (χ3n) is 2.81. The molecular formula is C15H13F2NO2. The monoisotopic (exact) mass is 277 g/mol. The molecular weight excluding hydrogens is 264 g/mol. The van der Waals surface area contributed by atoms with Gasteiger partial charge in [0.2, 0.25) is 0 Å². The van der Waals surface area contributed by atoms with E-state index in [0.29, 0.717) is 5.75 Å². The first-order chi connectivity index (χ1) is 9.61. The van der Waals surface area contributed by atoms with Crippen LogP contribution in [0, 0.1) is 11.6 Å². The average molecular weight is 277 g/mol. The van der Waals surface area contributed by atoms with Crippen molar-refractivity contribution in [3.05, 3.63) is 65.2 Å². The molecule has 0 aliphatic rings. The molecule has 0 fully saturated rings. The summed E-state index contributed by atoms with van der Waals surface area (Å²) in [6.45, 7) is 0.238. The number of halogens is 2. The summed E-state index contributed by atoms with van der Waals surface area (Å²) < 4.78 is 31.0. The number of methoxy groups -OCH3 is 1. The molecule has 0 unspecified atom stereocenters. The summed E-state index contributed by atoms with van der Waals surface area (Å²) in [5, 5.41) is 2.63. The van der Waals surface area contributed by atoms with Gasteiger partial charge in [-0.3, -0.25) is 4.79 Å². The van der Waals surface area contributed by atoms with Gasteiger partial charge in [-0.25, -0.2) is 8.78 Å². The van der Waals surface area contributed by atoms with E-state index >= 15 is 0 Å². The van der Waals surface area contributed by atoms with Crippen molar-refractivity contribution < 1.29 is 18.3 Å². The van der Waals surface area contributed by atoms with E-state index in [1.165, 1.54) is 13.2 Å². The largest absolute Gasteiger partial charge is 0.496 e. The second-order valence-electron chi connectivity index (χ2n) is 4.12. The lowest BCUT2D eigenvalue weighted by Crippen LogP contribution is -2.23. The number of benzene rings is 2. The van der Waals surface area contributed by atoms with Crippen LogP contribution in [0.1, 0.15) is 15.9 Å². The van der Waals surface area contributed by atoms with E-state index < -0.39 is 17.5 Å². The van der Waals surface area contributed by atoms with Crippen LogP contribution in [-0.4, -0.2) is 13.0 Å². The predicted molar refractivity (Wildman–Crippen MR) is 70.5 cm³/mol. The van der Waals surface area contributed by atoms with E-state index in [4.69, 9.17) is 4.74 Å². The molecule has 20 heavy (non-hydrogen) atoms. The van der Waals surface area contributed by atoms with E-state index in [0.717, 1.165) is 17.7 Å². The van der Waals surface area contributed by atoms with Crippen molar-refractivity contribution in [2.75, 3.05) is 7.11 Å². The Kier molecular flexibility index (Phi) is 4.30. The molecule has 1 amide bonds. The smallest absolute Gasteiger partial charge is 0.251 e. The minimum absolute atomic E-state index is 0.0683. The molecule has 1 N–H and O–H groups in total. The van der Waals surface area contributed by atoms with Crippen molar-refractivity contribution in [3.63, 3.8) is 0 Å². The predicted octanol–water partition coefficient (Wildman–Crippen LogP) is 2.90. The van der Waals surface area contributed by atoms with Crippen molar-refractivity contribution in [3.8, 4) is 5.75 Å². The number of nitrogens with one attached hydrogen (secondary N) is 1. The average Bonchev–Trinajstić information content (AvgIpc) is 2.47. The van der Waals surface area contributed by atoms with Crippen molar-refractivity contribution in [2.45, 2.75) is 6.54 Å². The van der Waals surface area contributed by atoms with Gasteiger partial charge >= 0.3 is 0 Å². The van der Waals surface area contributed by atoms with Crippen molar-refractivity contribution in [2.24, 2.45) is 0 Å². The second kappa shape index (κ2) is 6.14. The Morgan fingerprint density at radius 3 is 2.60 bits per heavy atom. The van der Waals surface area contributed by atoms with Gasteiger partial charge in [0, 0.05) is 17.7 Å². The van der Waals surface area contributed by atoms with Gasteiger partial charge in [-0.15, -0.1) is 0 Å². The Balaban J connectivity index is 2.06. The maximum Gasteiger partial charge on any atom is 0.251 e. The highest BCUT2D eigenvalue weighted by atomic mass is 19.2. The lowest BCUT2D eigenvalue weighted by Gasteiger charge is -2.09. The summed E-state index contributed by atoms with van der Waals surface area (Å²) in [4.78, 5) is 11.8. The summed E-state index contributed by atoms with van der Waals surface area (Å²) in [7, 11) is 1.54. The Morgan fingerprint density at radius 2 is 1.90 bits per heavy atom. The van der Waals surface area contributed by atoms with Crippen LogP contribution in [0.5, 0.6) is 5.75 Å². The molecule has 0 aromatic heterocycles. The third kappa shape index (κ3) is 3.12. The van der Waals surface area contributed by atoms with Crippen LogP contribution in [0.15, 0.2) is 42.5 Å². The fraction of sp³-hybridized carbons (Fsp3) is 0.133. The number of hydrogen-bond acceptors (Lipinski definition) is 2. The zero-order valence-electron chi connectivity index (χ0n) is 10.8. The fourth-order valence-corrected chi connectivity index (χ4v) is 1.76. The van der Waals surface area contributed by atoms with Gasteiger partial charge in [-0.2, -0.15) is 0 Å². The van der Waals surface area contributed by atoms with Gasteiger partial charge < -0.3 is 10.1 Å². The van der Waals surface area contributed by atoms with Gasteiger partial charge in [0.15, 0.2) is 11.6 Å². The first-order valence-electron chi connectivity index (χ1n) is 5.97. The maximum atomic E-state index is 13.0. The normalized spacial score (nSPS) is 10.2. The van der Waals surface area contributed by atoms with E-state index in [1.54, 1.807) is 6.07 Å². The zero-order chi connectivity index (χ0) is 14.5. The number of rotatable bonds is 4. The van der Waals surface area contributed by atoms with E-state index in [1.807, 2.05) is 18.2 Å². The highest BCUT2D eigenvalue weighted by Gasteiger charge is 2.10. The Hall–Kier alpha value is -2.43. The number of carbonyl (C=O) groups excluding carboxylic acids is 1. The van der Waals surface area contributed by atoms with Crippen LogP contribution in [0.4, 0.5) is 8.78 Å². The molecule has 0 heterocycles. The number of amides is 1. The second-order valence-corrected chi connectivity index (χ2v) is 4.12. The first-order valence-corrected chi connectivity index (χ1v) is 5.97. The van der Waals surface area contributed by atoms with Crippen LogP contribution in [0.2, 0.25) is 0 Å². The minimum atomic E-state index is -1.05. The summed E-state index contributed by atoms with van der Waals surface area (Å²) in [5.41, 5.74) is 0.865. The molecule has 2 aromatic carbocycles. The van der Waals surface area contributed by atoms with Gasteiger partial charge in [0.1, 0.15) is 5.75 Å². The summed E-state index contributed by atoms with van der Waals surface area (Å²) >= 11 is 0. The number of carbonyl (C=O) groups is 1. The lowest BCUT2D eigenvalue weighted by atomic mass is 10.1. The molecule has 2 rings (SSSR count). The lowest BCUT2D eigenvalue weighted by molar-refractivity contribution is 0.0950. The molecule has 0 radical (unpaired) electrons. The molecule has 3 nitrogen and oxygen atoms in total. The molecule has 0 atom stereocenters.